The first-order valence-electron chi connectivity index (χ1n) is 10.2. The number of hydrogen-bond acceptors (Lipinski definition) is 6. The van der Waals surface area contributed by atoms with E-state index in [4.69, 9.17) is 21.7 Å². The summed E-state index contributed by atoms with van der Waals surface area (Å²) in [7, 11) is 0. The molecule has 1 heterocycles. The van der Waals surface area contributed by atoms with Crippen LogP contribution in [0.25, 0.3) is 10.9 Å². The molecule has 0 saturated heterocycles. The average Bonchev–Trinajstić information content (AvgIpc) is 3.13. The fourth-order valence-electron chi connectivity index (χ4n) is 3.21. The normalized spacial score (nSPS) is 12.8. The number of Topliss-reactive ketones (excluding diaryl/α,β-unsaturated/α-hetero) is 1. The van der Waals surface area contributed by atoms with Crippen molar-refractivity contribution in [2.24, 2.45) is 0 Å². The molecule has 2 atom stereocenters. The Hall–Kier alpha value is -3.20. The summed E-state index contributed by atoms with van der Waals surface area (Å²) < 4.78 is 5.19. The lowest BCUT2D eigenvalue weighted by Gasteiger charge is -2.23. The highest BCUT2D eigenvalue weighted by molar-refractivity contribution is 6.35. The van der Waals surface area contributed by atoms with E-state index in [0.717, 1.165) is 16.5 Å². The molecule has 2 aromatic rings. The number of esters is 1. The molecule has 0 spiro atoms. The van der Waals surface area contributed by atoms with Gasteiger partial charge in [-0.1, -0.05) is 23.7 Å². The van der Waals surface area contributed by atoms with Crippen LogP contribution in [0.5, 0.6) is 0 Å². The number of hydrogen-bond donors (Lipinski definition) is 4. The molecule has 172 valence electrons. The summed E-state index contributed by atoms with van der Waals surface area (Å²) in [4.78, 5) is 51.8. The second-order valence-electron chi connectivity index (χ2n) is 7.63. The maximum atomic E-state index is 13.0. The molecule has 0 aliphatic heterocycles. The number of nitrogens with one attached hydrogen (secondary N) is 4. The van der Waals surface area contributed by atoms with Crippen LogP contribution in [0, 0.1) is 5.41 Å². The lowest BCUT2D eigenvalue weighted by Crippen LogP contribution is -2.52. The minimum atomic E-state index is -1.09. The fourth-order valence-corrected chi connectivity index (χ4v) is 3.44. The molecule has 10 heteroatoms. The van der Waals surface area contributed by atoms with Crippen LogP contribution in [0.3, 0.4) is 0 Å². The van der Waals surface area contributed by atoms with Gasteiger partial charge in [0.25, 0.3) is 0 Å². The molecular formula is C22H27ClN4O5. The highest BCUT2D eigenvalue weighted by atomic mass is 35.5. The molecule has 1 aromatic carbocycles. The maximum Gasteiger partial charge on any atom is 0.328 e. The minimum absolute atomic E-state index is 0.0268. The van der Waals surface area contributed by atoms with Crippen LogP contribution < -0.4 is 10.6 Å². The number of amides is 2. The number of benzene rings is 1. The number of H-pyrrole nitrogens is 1. The Morgan fingerprint density at radius 3 is 2.53 bits per heavy atom. The molecule has 0 unspecified atom stereocenters. The van der Waals surface area contributed by atoms with Gasteiger partial charge in [-0.15, -0.1) is 0 Å². The van der Waals surface area contributed by atoms with Gasteiger partial charge >= 0.3 is 5.97 Å². The van der Waals surface area contributed by atoms with Gasteiger partial charge in [0.15, 0.2) is 5.78 Å². The van der Waals surface area contributed by atoms with Crippen LogP contribution in [-0.2, 0) is 30.3 Å². The monoisotopic (exact) mass is 462 g/mol. The Kier molecular flexibility index (Phi) is 8.95. The number of carbonyl (C=O) groups excluding carboxylic acids is 4. The van der Waals surface area contributed by atoms with Crippen LogP contribution in [0.4, 0.5) is 0 Å². The third-order valence-corrected chi connectivity index (χ3v) is 4.98. The second-order valence-corrected chi connectivity index (χ2v) is 8.04. The topological polar surface area (TPSA) is 141 Å². The molecule has 9 nitrogen and oxygen atoms in total. The standard InChI is InChI=1S/C22H27ClN4O5/c1-12(2)32-22(31)18(8-7-15(29)10-24)27-21(30)19(26-13(3)28)9-14-11-25-20-16(14)5-4-6-17(20)23/h4-6,10-12,18-19,24-25H,7-9H2,1-3H3,(H,26,28)(H,27,30)/t18-,19-/m0/s1. The number of para-hydroxylation sites is 1. The molecule has 32 heavy (non-hydrogen) atoms. The zero-order chi connectivity index (χ0) is 23.8. The SMILES string of the molecule is CC(=O)N[C@@H](Cc1c[nH]c2c(Cl)cccc12)C(=O)N[C@@H](CCC(=O)C=N)C(=O)OC(C)C. The molecule has 0 bridgehead atoms. The van der Waals surface area contributed by atoms with E-state index < -0.39 is 41.8 Å². The van der Waals surface area contributed by atoms with E-state index in [9.17, 15) is 19.2 Å². The Morgan fingerprint density at radius 2 is 1.91 bits per heavy atom. The summed E-state index contributed by atoms with van der Waals surface area (Å²) in [5.41, 5.74) is 1.48. The zero-order valence-electron chi connectivity index (χ0n) is 18.2. The zero-order valence-corrected chi connectivity index (χ0v) is 18.9. The number of ether oxygens (including phenoxy) is 1. The Balaban J connectivity index is 2.23. The van der Waals surface area contributed by atoms with Crippen molar-refractivity contribution in [3.8, 4) is 0 Å². The van der Waals surface area contributed by atoms with E-state index in [1.165, 1.54) is 6.92 Å². The lowest BCUT2D eigenvalue weighted by atomic mass is 10.0. The van der Waals surface area contributed by atoms with E-state index in [1.807, 2.05) is 6.07 Å². The van der Waals surface area contributed by atoms with E-state index in [2.05, 4.69) is 15.6 Å². The summed E-state index contributed by atoms with van der Waals surface area (Å²) in [6.45, 7) is 4.63. The number of fused-ring (bicyclic) bond motifs is 1. The van der Waals surface area contributed by atoms with Gasteiger partial charge in [0.1, 0.15) is 12.1 Å². The average molecular weight is 463 g/mol. The Labute approximate surface area is 190 Å². The van der Waals surface area contributed by atoms with E-state index >= 15 is 0 Å². The quantitative estimate of drug-likeness (QED) is 0.299. The fraction of sp³-hybridized carbons (Fsp3) is 0.409. The largest absolute Gasteiger partial charge is 0.461 e. The summed E-state index contributed by atoms with van der Waals surface area (Å²) in [6, 6.07) is 3.30. The first kappa shape index (κ1) is 25.1. The summed E-state index contributed by atoms with van der Waals surface area (Å²) in [6.07, 6.45) is 1.98. The molecule has 0 radical (unpaired) electrons. The van der Waals surface area contributed by atoms with Gasteiger partial charge in [-0.05, 0) is 31.9 Å². The van der Waals surface area contributed by atoms with Crippen molar-refractivity contribution < 1.29 is 23.9 Å². The van der Waals surface area contributed by atoms with Gasteiger partial charge < -0.3 is 25.8 Å². The molecule has 0 fully saturated rings. The first-order chi connectivity index (χ1) is 15.1. The molecule has 1 aromatic heterocycles. The van der Waals surface area contributed by atoms with Crippen molar-refractivity contribution in [2.75, 3.05) is 0 Å². The smallest absolute Gasteiger partial charge is 0.328 e. The van der Waals surface area contributed by atoms with Gasteiger partial charge in [-0.3, -0.25) is 14.4 Å². The number of ketones is 1. The van der Waals surface area contributed by atoms with Crippen molar-refractivity contribution in [2.45, 2.75) is 58.2 Å². The van der Waals surface area contributed by atoms with Gasteiger partial charge in [0, 0.05) is 31.3 Å². The Bertz CT molecular complexity index is 1020. The molecule has 2 rings (SSSR count). The number of carbonyl (C=O) groups is 4. The maximum absolute atomic E-state index is 13.0. The lowest BCUT2D eigenvalue weighted by molar-refractivity contribution is -0.151. The number of rotatable bonds is 11. The molecule has 4 N–H and O–H groups in total. The van der Waals surface area contributed by atoms with Crippen LogP contribution in [-0.4, -0.2) is 53.0 Å². The van der Waals surface area contributed by atoms with E-state index in [0.29, 0.717) is 11.2 Å². The summed E-state index contributed by atoms with van der Waals surface area (Å²) in [5.74, 6) is -2.17. The van der Waals surface area contributed by atoms with Gasteiger partial charge in [-0.2, -0.15) is 0 Å². The molecule has 0 saturated carbocycles. The third kappa shape index (κ3) is 6.91. The summed E-state index contributed by atoms with van der Waals surface area (Å²) in [5, 5.41) is 13.5. The summed E-state index contributed by atoms with van der Waals surface area (Å²) >= 11 is 6.20. The van der Waals surface area contributed by atoms with Crippen LogP contribution in [0.15, 0.2) is 24.4 Å². The van der Waals surface area contributed by atoms with E-state index in [1.54, 1.807) is 32.2 Å². The first-order valence-corrected chi connectivity index (χ1v) is 10.6. The highest BCUT2D eigenvalue weighted by Gasteiger charge is 2.28. The van der Waals surface area contributed by atoms with Crippen molar-refractivity contribution in [3.05, 3.63) is 35.0 Å². The van der Waals surface area contributed by atoms with Crippen LogP contribution in [0.1, 0.15) is 39.2 Å². The second kappa shape index (κ2) is 11.4. The number of halogens is 1. The molecule has 0 aliphatic carbocycles. The Morgan fingerprint density at radius 1 is 1.19 bits per heavy atom. The predicted octanol–water partition coefficient (Wildman–Crippen LogP) is 2.30. The van der Waals surface area contributed by atoms with Gasteiger partial charge in [0.05, 0.1) is 22.9 Å². The van der Waals surface area contributed by atoms with Crippen molar-refractivity contribution in [1.29, 1.82) is 5.41 Å². The number of aromatic amines is 1. The molecule has 0 aliphatic rings. The van der Waals surface area contributed by atoms with Gasteiger partial charge in [-0.25, -0.2) is 4.79 Å². The van der Waals surface area contributed by atoms with Crippen molar-refractivity contribution >= 4 is 52.3 Å². The molecule has 2 amide bonds. The molecular weight excluding hydrogens is 436 g/mol. The van der Waals surface area contributed by atoms with Crippen LogP contribution >= 0.6 is 11.6 Å². The number of aromatic nitrogens is 1. The van der Waals surface area contributed by atoms with Crippen LogP contribution in [0.2, 0.25) is 5.02 Å². The highest BCUT2D eigenvalue weighted by Crippen LogP contribution is 2.26. The van der Waals surface area contributed by atoms with Crippen molar-refractivity contribution in [3.63, 3.8) is 0 Å². The van der Waals surface area contributed by atoms with Crippen molar-refractivity contribution in [1.82, 2.24) is 15.6 Å². The third-order valence-electron chi connectivity index (χ3n) is 4.66. The predicted molar refractivity (Wildman–Crippen MR) is 121 cm³/mol. The van der Waals surface area contributed by atoms with E-state index in [-0.39, 0.29) is 19.3 Å². The van der Waals surface area contributed by atoms with Gasteiger partial charge in [0.2, 0.25) is 11.8 Å². The minimum Gasteiger partial charge on any atom is -0.461 e.